The number of hydrogen-bond acceptors (Lipinski definition) is 4. The highest BCUT2D eigenvalue weighted by molar-refractivity contribution is 6.18. The van der Waals surface area contributed by atoms with Crippen LogP contribution in [0.15, 0.2) is 42.0 Å². The first-order valence-electron chi connectivity index (χ1n) is 9.17. The van der Waals surface area contributed by atoms with E-state index in [4.69, 9.17) is 5.73 Å². The molecule has 0 radical (unpaired) electrons. The van der Waals surface area contributed by atoms with Gasteiger partial charge in [-0.25, -0.2) is 0 Å². The first kappa shape index (κ1) is 22.6. The Balaban J connectivity index is 3.18. The SMILES string of the molecule is CC(C)C=C(CC(=O)O)C(=O)[C@@](NCCc1ccccc1)(C(N)=O)C(C)C. The van der Waals surface area contributed by atoms with Gasteiger partial charge in [-0.15, -0.1) is 0 Å². The van der Waals surface area contributed by atoms with E-state index in [1.54, 1.807) is 19.9 Å². The molecule has 4 N–H and O–H groups in total. The molecule has 0 aliphatic rings. The highest BCUT2D eigenvalue weighted by atomic mass is 16.4. The van der Waals surface area contributed by atoms with E-state index in [1.165, 1.54) is 0 Å². The van der Waals surface area contributed by atoms with Crippen molar-refractivity contribution in [2.75, 3.05) is 6.54 Å². The molecule has 1 aromatic carbocycles. The lowest BCUT2D eigenvalue weighted by Crippen LogP contribution is -2.65. The van der Waals surface area contributed by atoms with Gasteiger partial charge in [-0.3, -0.25) is 19.7 Å². The molecule has 0 unspecified atom stereocenters. The van der Waals surface area contributed by atoms with Crippen LogP contribution in [0.5, 0.6) is 0 Å². The fourth-order valence-electron chi connectivity index (χ4n) is 3.11. The summed E-state index contributed by atoms with van der Waals surface area (Å²) in [6, 6.07) is 9.66. The van der Waals surface area contributed by atoms with E-state index in [9.17, 15) is 19.5 Å². The summed E-state index contributed by atoms with van der Waals surface area (Å²) in [4.78, 5) is 36.9. The van der Waals surface area contributed by atoms with Crippen molar-refractivity contribution in [3.8, 4) is 0 Å². The van der Waals surface area contributed by atoms with Crippen molar-refractivity contribution in [3.05, 3.63) is 47.5 Å². The Morgan fingerprint density at radius 1 is 1.15 bits per heavy atom. The van der Waals surface area contributed by atoms with Gasteiger partial charge < -0.3 is 10.8 Å². The third-order valence-electron chi connectivity index (χ3n) is 4.44. The number of carboxylic acid groups (broad SMARTS) is 1. The summed E-state index contributed by atoms with van der Waals surface area (Å²) in [5.74, 6) is -2.96. The molecule has 1 amide bonds. The molecular formula is C21H30N2O4. The highest BCUT2D eigenvalue weighted by Crippen LogP contribution is 2.25. The van der Waals surface area contributed by atoms with Crippen molar-refractivity contribution in [2.24, 2.45) is 17.6 Å². The predicted molar refractivity (Wildman–Crippen MR) is 105 cm³/mol. The molecule has 0 aromatic heterocycles. The van der Waals surface area contributed by atoms with E-state index in [2.05, 4.69) is 5.32 Å². The first-order chi connectivity index (χ1) is 12.6. The van der Waals surface area contributed by atoms with E-state index >= 15 is 0 Å². The van der Waals surface area contributed by atoms with E-state index in [-0.39, 0.29) is 11.5 Å². The minimum absolute atomic E-state index is 0.0367. The number of allylic oxidation sites excluding steroid dienone is 1. The molecule has 0 spiro atoms. The standard InChI is InChI=1S/C21H30N2O4/c1-14(2)12-17(13-18(24)25)19(26)21(15(3)4,20(22)27)23-11-10-16-8-6-5-7-9-16/h5-9,12,14-15,23H,10-11,13H2,1-4H3,(H2,22,27)(H,24,25)/t21-/m1/s1. The molecule has 0 aliphatic heterocycles. The van der Waals surface area contributed by atoms with Crippen molar-refractivity contribution in [2.45, 2.75) is 46.1 Å². The van der Waals surface area contributed by atoms with Gasteiger partial charge in [0.25, 0.3) is 0 Å². The second kappa shape index (κ2) is 10.0. The van der Waals surface area contributed by atoms with Crippen molar-refractivity contribution in [3.63, 3.8) is 0 Å². The molecule has 1 rings (SSSR count). The van der Waals surface area contributed by atoms with Gasteiger partial charge in [-0.05, 0) is 23.8 Å². The first-order valence-corrected chi connectivity index (χ1v) is 9.17. The number of amides is 1. The zero-order valence-electron chi connectivity index (χ0n) is 16.5. The third-order valence-corrected chi connectivity index (χ3v) is 4.44. The Morgan fingerprint density at radius 3 is 2.19 bits per heavy atom. The van der Waals surface area contributed by atoms with Crippen molar-refractivity contribution in [1.29, 1.82) is 0 Å². The van der Waals surface area contributed by atoms with Crippen LogP contribution >= 0.6 is 0 Å². The number of rotatable bonds is 11. The second-order valence-electron chi connectivity index (χ2n) is 7.32. The van der Waals surface area contributed by atoms with Gasteiger partial charge in [0.1, 0.15) is 0 Å². The van der Waals surface area contributed by atoms with Crippen LogP contribution in [0, 0.1) is 11.8 Å². The molecule has 0 saturated heterocycles. The number of primary amides is 1. The number of ketones is 1. The number of nitrogens with one attached hydrogen (secondary N) is 1. The van der Waals surface area contributed by atoms with Crippen molar-refractivity contribution in [1.82, 2.24) is 5.32 Å². The zero-order chi connectivity index (χ0) is 20.6. The molecule has 0 saturated carbocycles. The van der Waals surface area contributed by atoms with Gasteiger partial charge in [-0.2, -0.15) is 0 Å². The Labute approximate surface area is 160 Å². The van der Waals surface area contributed by atoms with Crippen LogP contribution in [0.4, 0.5) is 0 Å². The lowest BCUT2D eigenvalue weighted by molar-refractivity contribution is -0.140. The van der Waals surface area contributed by atoms with E-state index < -0.39 is 35.5 Å². The lowest BCUT2D eigenvalue weighted by Gasteiger charge is -2.35. The maximum Gasteiger partial charge on any atom is 0.307 e. The summed E-state index contributed by atoms with van der Waals surface area (Å²) in [7, 11) is 0. The summed E-state index contributed by atoms with van der Waals surface area (Å²) in [6.07, 6.45) is 1.76. The van der Waals surface area contributed by atoms with E-state index in [0.29, 0.717) is 13.0 Å². The molecular weight excluding hydrogens is 344 g/mol. The molecule has 1 aromatic rings. The van der Waals surface area contributed by atoms with Crippen LogP contribution in [-0.4, -0.2) is 34.8 Å². The van der Waals surface area contributed by atoms with Crippen LogP contribution < -0.4 is 11.1 Å². The fourth-order valence-corrected chi connectivity index (χ4v) is 3.11. The monoisotopic (exact) mass is 374 g/mol. The number of aliphatic carboxylic acids is 1. The summed E-state index contributed by atoms with van der Waals surface area (Å²) in [5, 5.41) is 12.2. The average molecular weight is 374 g/mol. The number of carbonyl (C=O) groups is 3. The number of carboxylic acids is 1. The Bertz CT molecular complexity index is 695. The van der Waals surface area contributed by atoms with Gasteiger partial charge in [0.15, 0.2) is 11.3 Å². The molecule has 0 aliphatic carbocycles. The minimum Gasteiger partial charge on any atom is -0.481 e. The fraction of sp³-hybridized carbons (Fsp3) is 0.476. The topological polar surface area (TPSA) is 109 Å². The largest absolute Gasteiger partial charge is 0.481 e. The Kier molecular flexibility index (Phi) is 8.37. The van der Waals surface area contributed by atoms with Gasteiger partial charge in [0.05, 0.1) is 6.42 Å². The van der Waals surface area contributed by atoms with Gasteiger partial charge >= 0.3 is 5.97 Å². The number of carbonyl (C=O) groups excluding carboxylic acids is 2. The van der Waals surface area contributed by atoms with Crippen LogP contribution in [0.3, 0.4) is 0 Å². The molecule has 6 nitrogen and oxygen atoms in total. The van der Waals surface area contributed by atoms with Crippen LogP contribution in [0.1, 0.15) is 39.7 Å². The van der Waals surface area contributed by atoms with Crippen molar-refractivity contribution >= 4 is 17.7 Å². The molecule has 6 heteroatoms. The smallest absolute Gasteiger partial charge is 0.307 e. The van der Waals surface area contributed by atoms with Crippen LogP contribution in [-0.2, 0) is 20.8 Å². The maximum atomic E-state index is 13.3. The number of hydrogen-bond donors (Lipinski definition) is 3. The van der Waals surface area contributed by atoms with Crippen LogP contribution in [0.2, 0.25) is 0 Å². The second-order valence-corrected chi connectivity index (χ2v) is 7.32. The number of Topliss-reactive ketones (excluding diaryl/α,β-unsaturated/α-hetero) is 1. The third kappa shape index (κ3) is 6.03. The molecule has 1 atom stereocenters. The number of benzene rings is 1. The zero-order valence-corrected chi connectivity index (χ0v) is 16.5. The molecule has 0 heterocycles. The minimum atomic E-state index is -1.65. The van der Waals surface area contributed by atoms with Crippen molar-refractivity contribution < 1.29 is 19.5 Å². The number of nitrogens with two attached hydrogens (primary N) is 1. The lowest BCUT2D eigenvalue weighted by atomic mass is 9.77. The molecule has 148 valence electrons. The van der Waals surface area contributed by atoms with Crippen LogP contribution in [0.25, 0.3) is 0 Å². The van der Waals surface area contributed by atoms with E-state index in [1.807, 2.05) is 44.2 Å². The average Bonchev–Trinajstić information content (AvgIpc) is 2.57. The summed E-state index contributed by atoms with van der Waals surface area (Å²) in [5.41, 5.74) is 5.16. The Morgan fingerprint density at radius 2 is 1.74 bits per heavy atom. The Hall–Kier alpha value is -2.47. The predicted octanol–water partition coefficient (Wildman–Crippen LogP) is 2.32. The van der Waals surface area contributed by atoms with Gasteiger partial charge in [-0.1, -0.05) is 64.1 Å². The normalized spacial score (nSPS) is 14.2. The van der Waals surface area contributed by atoms with Gasteiger partial charge in [0, 0.05) is 12.1 Å². The molecule has 0 fully saturated rings. The molecule has 27 heavy (non-hydrogen) atoms. The summed E-state index contributed by atoms with van der Waals surface area (Å²) in [6.45, 7) is 7.51. The molecule has 0 bridgehead atoms. The highest BCUT2D eigenvalue weighted by Gasteiger charge is 2.48. The van der Waals surface area contributed by atoms with E-state index in [0.717, 1.165) is 5.56 Å². The summed E-state index contributed by atoms with van der Waals surface area (Å²) < 4.78 is 0. The summed E-state index contributed by atoms with van der Waals surface area (Å²) >= 11 is 0. The maximum absolute atomic E-state index is 13.3. The quantitative estimate of drug-likeness (QED) is 0.407. The van der Waals surface area contributed by atoms with Gasteiger partial charge in [0.2, 0.25) is 5.91 Å².